The van der Waals surface area contributed by atoms with Gasteiger partial charge in [0.25, 0.3) is 0 Å². The Kier molecular flexibility index (Phi) is 3.97. The van der Waals surface area contributed by atoms with Crippen LogP contribution in [0.3, 0.4) is 0 Å². The third kappa shape index (κ3) is 2.88. The van der Waals surface area contributed by atoms with Crippen molar-refractivity contribution in [2.75, 3.05) is 6.61 Å². The number of rotatable bonds is 4. The van der Waals surface area contributed by atoms with Crippen molar-refractivity contribution in [3.05, 3.63) is 0 Å². The first-order valence-electron chi connectivity index (χ1n) is 8.38. The molecular formula is C17H24FNO4. The first-order chi connectivity index (χ1) is 10.7. The van der Waals surface area contributed by atoms with Crippen LogP contribution in [0.5, 0.6) is 0 Å². The summed E-state index contributed by atoms with van der Waals surface area (Å²) in [4.78, 5) is 36.5. The van der Waals surface area contributed by atoms with E-state index in [1.54, 1.807) is 0 Å². The third-order valence-corrected chi connectivity index (χ3v) is 5.71. The second-order valence-electron chi connectivity index (χ2n) is 7.91. The van der Waals surface area contributed by atoms with E-state index in [-0.39, 0.29) is 24.4 Å². The van der Waals surface area contributed by atoms with E-state index in [0.717, 1.165) is 32.1 Å². The van der Waals surface area contributed by atoms with Crippen LogP contribution in [0.4, 0.5) is 4.39 Å². The van der Waals surface area contributed by atoms with Crippen LogP contribution in [-0.4, -0.2) is 30.6 Å². The molecule has 4 fully saturated rings. The van der Waals surface area contributed by atoms with Crippen LogP contribution in [-0.2, 0) is 19.1 Å². The lowest BCUT2D eigenvalue weighted by Gasteiger charge is -2.59. The molecule has 4 rings (SSSR count). The fourth-order valence-corrected chi connectivity index (χ4v) is 5.40. The van der Waals surface area contributed by atoms with E-state index in [4.69, 9.17) is 4.74 Å². The van der Waals surface area contributed by atoms with Gasteiger partial charge in [-0.3, -0.25) is 19.7 Å². The lowest BCUT2D eigenvalue weighted by atomic mass is 9.44. The molecule has 4 saturated carbocycles. The van der Waals surface area contributed by atoms with E-state index in [1.165, 1.54) is 13.8 Å². The highest BCUT2D eigenvalue weighted by molar-refractivity contribution is 5.97. The Morgan fingerprint density at radius 3 is 2.26 bits per heavy atom. The van der Waals surface area contributed by atoms with E-state index >= 15 is 0 Å². The molecule has 5 nitrogen and oxygen atoms in total. The minimum absolute atomic E-state index is 0.234. The van der Waals surface area contributed by atoms with E-state index in [9.17, 15) is 18.8 Å². The van der Waals surface area contributed by atoms with Gasteiger partial charge in [-0.25, -0.2) is 4.39 Å². The predicted molar refractivity (Wildman–Crippen MR) is 79.9 cm³/mol. The SMILES string of the molecule is CC(=O)NC(=O)C12CC3CC(C1)CC(C(=O)OCC(C)F)(C3)C2. The van der Waals surface area contributed by atoms with Crippen LogP contribution in [0.1, 0.15) is 52.4 Å². The highest BCUT2D eigenvalue weighted by atomic mass is 19.1. The van der Waals surface area contributed by atoms with Gasteiger partial charge in [0.2, 0.25) is 11.8 Å². The molecule has 6 heteroatoms. The zero-order valence-electron chi connectivity index (χ0n) is 13.7. The maximum atomic E-state index is 13.0. The van der Waals surface area contributed by atoms with Gasteiger partial charge in [-0.2, -0.15) is 0 Å². The van der Waals surface area contributed by atoms with Gasteiger partial charge in [-0.1, -0.05) is 0 Å². The summed E-state index contributed by atoms with van der Waals surface area (Å²) in [5.74, 6) is -0.367. The van der Waals surface area contributed by atoms with Crippen molar-refractivity contribution in [1.82, 2.24) is 5.32 Å². The predicted octanol–water partition coefficient (Wildman–Crippen LogP) is 2.14. The summed E-state index contributed by atoms with van der Waals surface area (Å²) in [6.45, 7) is 2.45. The first kappa shape index (κ1) is 16.4. The summed E-state index contributed by atoms with van der Waals surface area (Å²) >= 11 is 0. The number of halogens is 1. The largest absolute Gasteiger partial charge is 0.462 e. The van der Waals surface area contributed by atoms with Gasteiger partial charge in [0.1, 0.15) is 12.8 Å². The topological polar surface area (TPSA) is 72.5 Å². The molecule has 0 heterocycles. The average Bonchev–Trinajstić information content (AvgIpc) is 2.42. The number of amides is 2. The van der Waals surface area contributed by atoms with Gasteiger partial charge < -0.3 is 4.74 Å². The van der Waals surface area contributed by atoms with Gasteiger partial charge in [0, 0.05) is 6.92 Å². The number of hydrogen-bond acceptors (Lipinski definition) is 4. The van der Waals surface area contributed by atoms with Crippen molar-refractivity contribution in [3.63, 3.8) is 0 Å². The summed E-state index contributed by atoms with van der Waals surface area (Å²) in [7, 11) is 0. The minimum Gasteiger partial charge on any atom is -0.462 e. The fourth-order valence-electron chi connectivity index (χ4n) is 5.40. The normalized spacial score (nSPS) is 38.9. The highest BCUT2D eigenvalue weighted by Crippen LogP contribution is 2.65. The van der Waals surface area contributed by atoms with Gasteiger partial charge >= 0.3 is 5.97 Å². The molecule has 4 bridgehead atoms. The van der Waals surface area contributed by atoms with Crippen LogP contribution < -0.4 is 5.32 Å². The Labute approximate surface area is 135 Å². The summed E-state index contributed by atoms with van der Waals surface area (Å²) in [6, 6.07) is 0. The Morgan fingerprint density at radius 2 is 1.74 bits per heavy atom. The van der Waals surface area contributed by atoms with Gasteiger partial charge in [0.05, 0.1) is 10.8 Å². The fraction of sp³-hybridized carbons (Fsp3) is 0.824. The second kappa shape index (κ2) is 5.56. The molecule has 4 aliphatic rings. The Balaban J connectivity index is 1.82. The molecule has 4 aliphatic carbocycles. The molecule has 0 spiro atoms. The number of ether oxygens (including phenoxy) is 1. The van der Waals surface area contributed by atoms with Gasteiger partial charge in [0.15, 0.2) is 0 Å². The minimum atomic E-state index is -1.19. The molecular weight excluding hydrogens is 301 g/mol. The van der Waals surface area contributed by atoms with Crippen LogP contribution in [0.2, 0.25) is 0 Å². The monoisotopic (exact) mass is 325 g/mol. The maximum Gasteiger partial charge on any atom is 0.312 e. The molecule has 3 unspecified atom stereocenters. The summed E-state index contributed by atoms with van der Waals surface area (Å²) in [6.07, 6.45) is 3.17. The van der Waals surface area contributed by atoms with E-state index < -0.39 is 17.0 Å². The summed E-state index contributed by atoms with van der Waals surface area (Å²) in [5, 5.41) is 2.42. The van der Waals surface area contributed by atoms with Crippen molar-refractivity contribution >= 4 is 17.8 Å². The van der Waals surface area contributed by atoms with E-state index in [2.05, 4.69) is 5.32 Å². The molecule has 0 aromatic rings. The maximum absolute atomic E-state index is 13.0. The lowest BCUT2D eigenvalue weighted by molar-refractivity contribution is -0.185. The molecule has 128 valence electrons. The summed E-state index contributed by atoms with van der Waals surface area (Å²) < 4.78 is 18.2. The number of carbonyl (C=O) groups excluding carboxylic acids is 3. The van der Waals surface area contributed by atoms with Crippen LogP contribution in [0.15, 0.2) is 0 Å². The third-order valence-electron chi connectivity index (χ3n) is 5.71. The van der Waals surface area contributed by atoms with Crippen LogP contribution >= 0.6 is 0 Å². The number of esters is 1. The van der Waals surface area contributed by atoms with E-state index in [0.29, 0.717) is 18.3 Å². The molecule has 0 aromatic carbocycles. The molecule has 0 aromatic heterocycles. The Morgan fingerprint density at radius 1 is 1.17 bits per heavy atom. The highest BCUT2D eigenvalue weighted by Gasteiger charge is 2.63. The molecule has 1 N–H and O–H groups in total. The molecule has 0 saturated heterocycles. The molecule has 2 amide bonds. The number of imide groups is 1. The Bertz CT molecular complexity index is 531. The van der Waals surface area contributed by atoms with Crippen LogP contribution in [0.25, 0.3) is 0 Å². The molecule has 0 radical (unpaired) electrons. The second-order valence-corrected chi connectivity index (χ2v) is 7.91. The lowest BCUT2D eigenvalue weighted by Crippen LogP contribution is -2.60. The van der Waals surface area contributed by atoms with Gasteiger partial charge in [-0.15, -0.1) is 0 Å². The van der Waals surface area contributed by atoms with Crippen molar-refractivity contribution in [2.24, 2.45) is 22.7 Å². The smallest absolute Gasteiger partial charge is 0.312 e. The van der Waals surface area contributed by atoms with Crippen molar-refractivity contribution in [2.45, 2.75) is 58.5 Å². The number of nitrogens with one attached hydrogen (secondary N) is 1. The van der Waals surface area contributed by atoms with Gasteiger partial charge in [-0.05, 0) is 57.3 Å². The van der Waals surface area contributed by atoms with Crippen molar-refractivity contribution in [1.29, 1.82) is 0 Å². The Hall–Kier alpha value is -1.46. The standard InChI is InChI=1S/C17H24FNO4/c1-10(18)8-23-15(22)17-6-12-3-13(7-17)5-16(4-12,9-17)14(21)19-11(2)20/h10,12-13H,3-9H2,1-2H3,(H,19,20,21). The first-order valence-corrected chi connectivity index (χ1v) is 8.38. The number of alkyl halides is 1. The molecule has 23 heavy (non-hydrogen) atoms. The van der Waals surface area contributed by atoms with Crippen molar-refractivity contribution < 1.29 is 23.5 Å². The molecule has 3 atom stereocenters. The quantitative estimate of drug-likeness (QED) is 0.804. The number of carbonyl (C=O) groups is 3. The average molecular weight is 325 g/mol. The molecule has 0 aliphatic heterocycles. The zero-order chi connectivity index (χ0) is 16.8. The zero-order valence-corrected chi connectivity index (χ0v) is 13.7. The summed E-state index contributed by atoms with van der Waals surface area (Å²) in [5.41, 5.74) is -1.32. The van der Waals surface area contributed by atoms with Crippen LogP contribution in [0, 0.1) is 22.7 Å². The number of hydrogen-bond donors (Lipinski definition) is 1. The van der Waals surface area contributed by atoms with E-state index in [1.807, 2.05) is 0 Å². The van der Waals surface area contributed by atoms with Crippen molar-refractivity contribution in [3.8, 4) is 0 Å².